The second-order valence-corrected chi connectivity index (χ2v) is 5.11. The quantitative estimate of drug-likeness (QED) is 0.756. The zero-order valence-corrected chi connectivity index (χ0v) is 10.0. The average Bonchev–Trinajstić information content (AvgIpc) is 3.06. The van der Waals surface area contributed by atoms with E-state index in [-0.39, 0.29) is 0 Å². The molecule has 1 saturated carbocycles. The molecule has 0 spiro atoms. The van der Waals surface area contributed by atoms with Gasteiger partial charge in [0.2, 0.25) is 0 Å². The summed E-state index contributed by atoms with van der Waals surface area (Å²) < 4.78 is 0. The van der Waals surface area contributed by atoms with E-state index in [4.69, 9.17) is 11.6 Å². The van der Waals surface area contributed by atoms with Gasteiger partial charge in [0.05, 0.1) is 12.2 Å². The topological polar surface area (TPSA) is 69.5 Å². The first kappa shape index (κ1) is 11.2. The molecular weight excluding hydrogens is 242 g/mol. The molecule has 2 aliphatic rings. The number of aromatic nitrogens is 2. The van der Waals surface area contributed by atoms with E-state index in [2.05, 4.69) is 9.97 Å². The summed E-state index contributed by atoms with van der Waals surface area (Å²) >= 11 is 5.97. The summed E-state index contributed by atoms with van der Waals surface area (Å²) in [5.41, 5.74) is 0. The van der Waals surface area contributed by atoms with Crippen LogP contribution in [0.15, 0.2) is 6.07 Å². The molecule has 17 heavy (non-hydrogen) atoms. The molecule has 2 fully saturated rings. The molecule has 2 unspecified atom stereocenters. The van der Waals surface area contributed by atoms with Crippen LogP contribution in [0.2, 0.25) is 5.15 Å². The molecule has 1 aliphatic carbocycles. The number of rotatable bonds is 2. The Bertz CT molecular complexity index is 429. The summed E-state index contributed by atoms with van der Waals surface area (Å²) in [7, 11) is 0. The van der Waals surface area contributed by atoms with Gasteiger partial charge >= 0.3 is 0 Å². The fourth-order valence-electron chi connectivity index (χ4n) is 2.07. The maximum atomic E-state index is 9.52. The van der Waals surface area contributed by atoms with E-state index in [0.717, 1.165) is 18.7 Å². The second kappa shape index (κ2) is 4.08. The fraction of sp³-hybridized carbons (Fsp3) is 0.636. The van der Waals surface area contributed by atoms with Gasteiger partial charge in [0.15, 0.2) is 0 Å². The molecule has 5 nitrogen and oxygen atoms in total. The standard InChI is InChI=1S/C11H14ClN3O2/c12-9-3-10(14-11(13-9)6-1-2-6)15-4-7(16)8(17)5-15/h3,6-8,16-17H,1-2,4-5H2. The number of aliphatic hydroxyl groups excluding tert-OH is 2. The van der Waals surface area contributed by atoms with E-state index in [1.165, 1.54) is 0 Å². The Balaban J connectivity index is 1.87. The smallest absolute Gasteiger partial charge is 0.135 e. The third-order valence-electron chi connectivity index (χ3n) is 3.22. The maximum Gasteiger partial charge on any atom is 0.135 e. The Hall–Kier alpha value is -0.910. The zero-order valence-electron chi connectivity index (χ0n) is 9.25. The lowest BCUT2D eigenvalue weighted by Crippen LogP contribution is -2.22. The summed E-state index contributed by atoms with van der Waals surface area (Å²) in [4.78, 5) is 10.5. The highest BCUT2D eigenvalue weighted by Crippen LogP contribution is 2.39. The van der Waals surface area contributed by atoms with Crippen LogP contribution in [0.4, 0.5) is 5.82 Å². The van der Waals surface area contributed by atoms with Crippen LogP contribution in [0.5, 0.6) is 0 Å². The van der Waals surface area contributed by atoms with Gasteiger partial charge in [0, 0.05) is 25.1 Å². The largest absolute Gasteiger partial charge is 0.389 e. The predicted molar refractivity (Wildman–Crippen MR) is 63.2 cm³/mol. The van der Waals surface area contributed by atoms with Crippen LogP contribution >= 0.6 is 11.6 Å². The molecule has 1 saturated heterocycles. The van der Waals surface area contributed by atoms with Crippen LogP contribution < -0.4 is 4.90 Å². The highest BCUT2D eigenvalue weighted by atomic mass is 35.5. The van der Waals surface area contributed by atoms with E-state index in [0.29, 0.717) is 30.0 Å². The normalized spacial score (nSPS) is 28.8. The minimum atomic E-state index is -0.715. The van der Waals surface area contributed by atoms with E-state index in [1.54, 1.807) is 6.07 Å². The second-order valence-electron chi connectivity index (χ2n) is 4.72. The minimum Gasteiger partial charge on any atom is -0.389 e. The van der Waals surface area contributed by atoms with Crippen LogP contribution in [0, 0.1) is 0 Å². The summed E-state index contributed by atoms with van der Waals surface area (Å²) in [6.45, 7) is 0.775. The Morgan fingerprint density at radius 1 is 1.18 bits per heavy atom. The molecule has 0 aromatic carbocycles. The van der Waals surface area contributed by atoms with Gasteiger partial charge in [-0.2, -0.15) is 0 Å². The molecule has 3 rings (SSSR count). The van der Waals surface area contributed by atoms with Crippen molar-refractivity contribution in [3.8, 4) is 0 Å². The third kappa shape index (κ3) is 2.22. The predicted octanol–water partition coefficient (Wildman–Crippen LogP) is 0.549. The van der Waals surface area contributed by atoms with Gasteiger partial charge in [-0.25, -0.2) is 9.97 Å². The van der Waals surface area contributed by atoms with Crippen molar-refractivity contribution in [2.45, 2.75) is 31.0 Å². The summed E-state index contributed by atoms with van der Waals surface area (Å²) in [5.74, 6) is 1.91. The average molecular weight is 256 g/mol. The van der Waals surface area contributed by atoms with Gasteiger partial charge in [0.1, 0.15) is 16.8 Å². The molecule has 2 heterocycles. The van der Waals surface area contributed by atoms with Gasteiger partial charge in [-0.05, 0) is 12.8 Å². The molecule has 92 valence electrons. The first-order chi connectivity index (χ1) is 8.13. The van der Waals surface area contributed by atoms with Crippen LogP contribution in [-0.4, -0.2) is 45.5 Å². The molecule has 0 bridgehead atoms. The molecule has 1 aromatic rings. The fourth-order valence-corrected chi connectivity index (χ4v) is 2.25. The van der Waals surface area contributed by atoms with Gasteiger partial charge < -0.3 is 15.1 Å². The number of β-amino-alcohol motifs (C(OH)–C–C–N with tert-alkyl or cyclic N) is 2. The molecule has 1 aromatic heterocycles. The van der Waals surface area contributed by atoms with E-state index < -0.39 is 12.2 Å². The van der Waals surface area contributed by atoms with Crippen molar-refractivity contribution in [1.29, 1.82) is 0 Å². The van der Waals surface area contributed by atoms with Gasteiger partial charge in [-0.1, -0.05) is 11.6 Å². The Morgan fingerprint density at radius 2 is 1.82 bits per heavy atom. The Morgan fingerprint density at radius 3 is 2.41 bits per heavy atom. The molecule has 1 aliphatic heterocycles. The number of hydrogen-bond acceptors (Lipinski definition) is 5. The lowest BCUT2D eigenvalue weighted by molar-refractivity contribution is 0.0572. The van der Waals surface area contributed by atoms with Crippen molar-refractivity contribution in [3.63, 3.8) is 0 Å². The van der Waals surface area contributed by atoms with E-state index in [1.807, 2.05) is 4.90 Å². The highest BCUT2D eigenvalue weighted by Gasteiger charge is 2.32. The van der Waals surface area contributed by atoms with Crippen LogP contribution in [0.25, 0.3) is 0 Å². The van der Waals surface area contributed by atoms with Crippen molar-refractivity contribution in [2.75, 3.05) is 18.0 Å². The SMILES string of the molecule is OC1CN(c2cc(Cl)nc(C3CC3)n2)CC1O. The molecule has 0 amide bonds. The Labute approximate surface area is 104 Å². The molecule has 2 N–H and O–H groups in total. The van der Waals surface area contributed by atoms with Crippen molar-refractivity contribution < 1.29 is 10.2 Å². The van der Waals surface area contributed by atoms with Crippen LogP contribution in [0.3, 0.4) is 0 Å². The number of anilines is 1. The van der Waals surface area contributed by atoms with E-state index in [9.17, 15) is 10.2 Å². The third-order valence-corrected chi connectivity index (χ3v) is 3.42. The summed E-state index contributed by atoms with van der Waals surface area (Å²) in [6.07, 6.45) is 0.803. The van der Waals surface area contributed by atoms with Crippen molar-refractivity contribution in [2.24, 2.45) is 0 Å². The lowest BCUT2D eigenvalue weighted by Gasteiger charge is -2.17. The molecule has 2 atom stereocenters. The van der Waals surface area contributed by atoms with Gasteiger partial charge in [0.25, 0.3) is 0 Å². The summed E-state index contributed by atoms with van der Waals surface area (Å²) in [5, 5.41) is 19.5. The highest BCUT2D eigenvalue weighted by molar-refractivity contribution is 6.29. The summed E-state index contributed by atoms with van der Waals surface area (Å²) in [6, 6.07) is 1.68. The van der Waals surface area contributed by atoms with Gasteiger partial charge in [-0.3, -0.25) is 0 Å². The number of halogens is 1. The number of hydrogen-bond donors (Lipinski definition) is 2. The first-order valence-electron chi connectivity index (χ1n) is 5.79. The monoisotopic (exact) mass is 255 g/mol. The van der Waals surface area contributed by atoms with Crippen molar-refractivity contribution >= 4 is 17.4 Å². The van der Waals surface area contributed by atoms with Gasteiger partial charge in [-0.15, -0.1) is 0 Å². The maximum absolute atomic E-state index is 9.52. The zero-order chi connectivity index (χ0) is 12.0. The minimum absolute atomic E-state index is 0.388. The van der Waals surface area contributed by atoms with Crippen molar-refractivity contribution in [3.05, 3.63) is 17.0 Å². The van der Waals surface area contributed by atoms with Crippen LogP contribution in [-0.2, 0) is 0 Å². The number of aliphatic hydroxyl groups is 2. The van der Waals surface area contributed by atoms with Crippen LogP contribution in [0.1, 0.15) is 24.6 Å². The molecular formula is C11H14ClN3O2. The number of nitrogens with zero attached hydrogens (tertiary/aromatic N) is 3. The molecule has 0 radical (unpaired) electrons. The molecule has 6 heteroatoms. The van der Waals surface area contributed by atoms with E-state index >= 15 is 0 Å². The first-order valence-corrected chi connectivity index (χ1v) is 6.17. The van der Waals surface area contributed by atoms with Crippen molar-refractivity contribution in [1.82, 2.24) is 9.97 Å². The Kier molecular flexibility index (Phi) is 2.69. The lowest BCUT2D eigenvalue weighted by atomic mass is 10.3.